The molecule has 1 aliphatic heterocycles. The van der Waals surface area contributed by atoms with Crippen LogP contribution in [0.15, 0.2) is 42.5 Å². The topological polar surface area (TPSA) is 74.6 Å². The summed E-state index contributed by atoms with van der Waals surface area (Å²) in [6, 6.07) is 11.7. The van der Waals surface area contributed by atoms with Crippen LogP contribution < -0.4 is 5.32 Å². The van der Waals surface area contributed by atoms with Gasteiger partial charge in [-0.05, 0) is 43.1 Å². The van der Waals surface area contributed by atoms with Gasteiger partial charge in [0.1, 0.15) is 11.5 Å². The van der Waals surface area contributed by atoms with Crippen LogP contribution in [0.3, 0.4) is 0 Å². The molecule has 4 rings (SSSR count). The van der Waals surface area contributed by atoms with E-state index in [1.807, 2.05) is 29.2 Å². The summed E-state index contributed by atoms with van der Waals surface area (Å²) in [6.07, 6.45) is 2.36. The van der Waals surface area contributed by atoms with Crippen molar-refractivity contribution >= 4 is 34.4 Å². The molecule has 1 saturated heterocycles. The molecule has 32 heavy (non-hydrogen) atoms. The Bertz CT molecular complexity index is 1160. The van der Waals surface area contributed by atoms with Crippen molar-refractivity contribution in [3.8, 4) is 0 Å². The number of carboxylic acid groups (broad SMARTS) is 1. The summed E-state index contributed by atoms with van der Waals surface area (Å²) in [5.74, 6) is -1.25. The SMILES string of the molecule is O=C(O)c1c(CNCCCN2CCCC2=O)c2ccccc2n1Cc1ccc(F)cc1Cl. The number of aromatic nitrogens is 1. The van der Waals surface area contributed by atoms with Gasteiger partial charge >= 0.3 is 5.97 Å². The third-order valence-corrected chi connectivity index (χ3v) is 6.23. The van der Waals surface area contributed by atoms with E-state index >= 15 is 0 Å². The molecule has 0 aliphatic carbocycles. The lowest BCUT2D eigenvalue weighted by atomic mass is 10.1. The van der Waals surface area contributed by atoms with Crippen molar-refractivity contribution in [2.75, 3.05) is 19.6 Å². The van der Waals surface area contributed by atoms with Crippen LogP contribution in [-0.4, -0.2) is 46.1 Å². The van der Waals surface area contributed by atoms with Gasteiger partial charge in [0.25, 0.3) is 0 Å². The number of carboxylic acids is 1. The lowest BCUT2D eigenvalue weighted by Gasteiger charge is -2.15. The summed E-state index contributed by atoms with van der Waals surface area (Å²) in [6.45, 7) is 2.81. The molecule has 2 heterocycles. The maximum atomic E-state index is 13.5. The fraction of sp³-hybridized carbons (Fsp3) is 0.333. The number of likely N-dealkylation sites (tertiary alicyclic amines) is 1. The van der Waals surface area contributed by atoms with E-state index < -0.39 is 11.8 Å². The van der Waals surface area contributed by atoms with E-state index in [1.165, 1.54) is 12.1 Å². The van der Waals surface area contributed by atoms with Gasteiger partial charge in [-0.1, -0.05) is 35.9 Å². The number of carbonyl (C=O) groups is 2. The molecule has 0 bridgehead atoms. The molecule has 3 aromatic rings. The van der Waals surface area contributed by atoms with Crippen molar-refractivity contribution < 1.29 is 19.1 Å². The number of aromatic carboxylic acids is 1. The van der Waals surface area contributed by atoms with Crippen molar-refractivity contribution in [2.24, 2.45) is 0 Å². The zero-order chi connectivity index (χ0) is 22.7. The molecule has 0 spiro atoms. The van der Waals surface area contributed by atoms with E-state index in [9.17, 15) is 19.1 Å². The Labute approximate surface area is 190 Å². The molecule has 0 atom stereocenters. The van der Waals surface area contributed by atoms with Crippen LogP contribution in [0.2, 0.25) is 5.02 Å². The molecule has 2 aromatic carbocycles. The van der Waals surface area contributed by atoms with Gasteiger partial charge in [0.2, 0.25) is 5.91 Å². The average molecular weight is 458 g/mol. The van der Waals surface area contributed by atoms with Crippen LogP contribution in [0.5, 0.6) is 0 Å². The van der Waals surface area contributed by atoms with E-state index in [1.54, 1.807) is 10.6 Å². The van der Waals surface area contributed by atoms with Gasteiger partial charge in [0.05, 0.1) is 0 Å². The van der Waals surface area contributed by atoms with Crippen LogP contribution in [0.4, 0.5) is 4.39 Å². The Morgan fingerprint density at radius 1 is 1.22 bits per heavy atom. The number of rotatable bonds is 9. The number of hydrogen-bond donors (Lipinski definition) is 2. The van der Waals surface area contributed by atoms with E-state index in [0.717, 1.165) is 30.3 Å². The number of halogens is 2. The Kier molecular flexibility index (Phi) is 6.77. The first-order chi connectivity index (χ1) is 15.5. The molecule has 8 heteroatoms. The highest BCUT2D eigenvalue weighted by Gasteiger charge is 2.23. The van der Waals surface area contributed by atoms with Gasteiger partial charge < -0.3 is 19.9 Å². The summed E-state index contributed by atoms with van der Waals surface area (Å²) >= 11 is 6.21. The van der Waals surface area contributed by atoms with Gasteiger partial charge in [-0.25, -0.2) is 9.18 Å². The molecule has 0 saturated carbocycles. The van der Waals surface area contributed by atoms with E-state index in [4.69, 9.17) is 11.6 Å². The average Bonchev–Trinajstić information content (AvgIpc) is 3.31. The van der Waals surface area contributed by atoms with E-state index in [2.05, 4.69) is 5.32 Å². The first-order valence-electron chi connectivity index (χ1n) is 10.7. The Morgan fingerprint density at radius 2 is 2.03 bits per heavy atom. The molecule has 168 valence electrons. The highest BCUT2D eigenvalue weighted by molar-refractivity contribution is 6.31. The van der Waals surface area contributed by atoms with Crippen LogP contribution in [-0.2, 0) is 17.9 Å². The fourth-order valence-electron chi connectivity index (χ4n) is 4.33. The monoisotopic (exact) mass is 457 g/mol. The quantitative estimate of drug-likeness (QED) is 0.470. The Balaban J connectivity index is 1.56. The molecule has 6 nitrogen and oxygen atoms in total. The Morgan fingerprint density at radius 3 is 2.75 bits per heavy atom. The van der Waals surface area contributed by atoms with Crippen molar-refractivity contribution in [3.05, 3.63) is 70.1 Å². The maximum absolute atomic E-state index is 13.5. The second kappa shape index (κ2) is 9.71. The Hall–Kier alpha value is -2.90. The molecular formula is C24H25ClFN3O3. The minimum absolute atomic E-state index is 0.189. The summed E-state index contributed by atoms with van der Waals surface area (Å²) in [5.41, 5.74) is 2.31. The van der Waals surface area contributed by atoms with E-state index in [0.29, 0.717) is 37.2 Å². The zero-order valence-corrected chi connectivity index (χ0v) is 18.4. The number of nitrogens with zero attached hydrogens (tertiary/aromatic N) is 2. The van der Waals surface area contributed by atoms with Crippen LogP contribution in [0.1, 0.15) is 40.9 Å². The minimum atomic E-state index is -1.03. The highest BCUT2D eigenvalue weighted by Crippen LogP contribution is 2.29. The molecule has 1 aliphatic rings. The number of benzene rings is 2. The zero-order valence-electron chi connectivity index (χ0n) is 17.6. The second-order valence-electron chi connectivity index (χ2n) is 7.99. The van der Waals surface area contributed by atoms with Crippen LogP contribution >= 0.6 is 11.6 Å². The normalized spacial score (nSPS) is 13.9. The third kappa shape index (κ3) is 4.64. The first-order valence-corrected chi connectivity index (χ1v) is 11.1. The molecule has 1 amide bonds. The van der Waals surface area contributed by atoms with Crippen molar-refractivity contribution in [1.82, 2.24) is 14.8 Å². The van der Waals surface area contributed by atoms with Crippen molar-refractivity contribution in [3.63, 3.8) is 0 Å². The van der Waals surface area contributed by atoms with Crippen LogP contribution in [0.25, 0.3) is 10.9 Å². The predicted octanol–water partition coefficient (Wildman–Crippen LogP) is 4.28. The van der Waals surface area contributed by atoms with Gasteiger partial charge in [0.15, 0.2) is 0 Å². The summed E-state index contributed by atoms with van der Waals surface area (Å²) in [7, 11) is 0. The van der Waals surface area contributed by atoms with Crippen molar-refractivity contribution in [2.45, 2.75) is 32.4 Å². The van der Waals surface area contributed by atoms with Gasteiger partial charge in [-0.3, -0.25) is 4.79 Å². The molecule has 2 N–H and O–H groups in total. The fourth-order valence-corrected chi connectivity index (χ4v) is 4.56. The number of carbonyl (C=O) groups excluding carboxylic acids is 1. The lowest BCUT2D eigenvalue weighted by molar-refractivity contribution is -0.127. The largest absolute Gasteiger partial charge is 0.477 e. The molecule has 1 aromatic heterocycles. The maximum Gasteiger partial charge on any atom is 0.352 e. The van der Waals surface area contributed by atoms with Gasteiger partial charge in [-0.2, -0.15) is 0 Å². The molecular weight excluding hydrogens is 433 g/mol. The highest BCUT2D eigenvalue weighted by atomic mass is 35.5. The number of nitrogens with one attached hydrogen (secondary N) is 1. The molecule has 1 fully saturated rings. The number of fused-ring (bicyclic) bond motifs is 1. The predicted molar refractivity (Wildman–Crippen MR) is 122 cm³/mol. The smallest absolute Gasteiger partial charge is 0.352 e. The van der Waals surface area contributed by atoms with Gasteiger partial charge in [-0.15, -0.1) is 0 Å². The number of hydrogen-bond acceptors (Lipinski definition) is 3. The number of para-hydroxylation sites is 1. The molecule has 0 radical (unpaired) electrons. The second-order valence-corrected chi connectivity index (χ2v) is 8.39. The first kappa shape index (κ1) is 22.3. The van der Waals surface area contributed by atoms with Gasteiger partial charge in [0, 0.05) is 54.1 Å². The van der Waals surface area contributed by atoms with E-state index in [-0.39, 0.29) is 23.2 Å². The molecule has 0 unspecified atom stereocenters. The van der Waals surface area contributed by atoms with Crippen molar-refractivity contribution in [1.29, 1.82) is 0 Å². The van der Waals surface area contributed by atoms with Crippen LogP contribution in [0, 0.1) is 5.82 Å². The number of amides is 1. The summed E-state index contributed by atoms with van der Waals surface area (Å²) in [5, 5.41) is 14.5. The standard InChI is InChI=1S/C24H25ClFN3O3/c25-20-13-17(26)9-8-16(20)15-29-21-6-2-1-5-18(21)19(23(29)24(31)32)14-27-10-4-12-28-11-3-7-22(28)30/h1-2,5-6,8-9,13,27H,3-4,7,10-12,14-15H2,(H,31,32). The third-order valence-electron chi connectivity index (χ3n) is 5.88. The minimum Gasteiger partial charge on any atom is -0.477 e. The lowest BCUT2D eigenvalue weighted by Crippen LogP contribution is -2.28. The summed E-state index contributed by atoms with van der Waals surface area (Å²) in [4.78, 5) is 25.9. The summed E-state index contributed by atoms with van der Waals surface area (Å²) < 4.78 is 15.2.